The van der Waals surface area contributed by atoms with Gasteiger partial charge in [0.1, 0.15) is 0 Å². The maximum atomic E-state index is 15.1. The van der Waals surface area contributed by atoms with Crippen LogP contribution in [0.25, 0.3) is 0 Å². The molecular formula is C21H20ClFN2O2S. The normalized spacial score (nSPS) is 11.0. The Labute approximate surface area is 172 Å². The number of methoxy groups -OCH3 is 1. The molecule has 2 rings (SSSR count). The van der Waals surface area contributed by atoms with Crippen molar-refractivity contribution in [2.75, 3.05) is 18.2 Å². The third kappa shape index (κ3) is 5.18. The number of nitrogens with one attached hydrogen (secondary N) is 1. The van der Waals surface area contributed by atoms with Crippen LogP contribution in [0.5, 0.6) is 0 Å². The Morgan fingerprint density at radius 3 is 2.64 bits per heavy atom. The van der Waals surface area contributed by atoms with Crippen molar-refractivity contribution < 1.29 is 13.9 Å². The lowest BCUT2D eigenvalue weighted by Gasteiger charge is -2.17. The lowest BCUT2D eigenvalue weighted by atomic mass is 10.1. The summed E-state index contributed by atoms with van der Waals surface area (Å²) in [5.74, 6) is -0.912. The van der Waals surface area contributed by atoms with Crippen LogP contribution in [-0.2, 0) is 10.5 Å². The number of allylic oxidation sites excluding steroid dienone is 3. The zero-order valence-electron chi connectivity index (χ0n) is 15.3. The van der Waals surface area contributed by atoms with E-state index < -0.39 is 11.8 Å². The van der Waals surface area contributed by atoms with E-state index in [9.17, 15) is 4.79 Å². The molecule has 0 bridgehead atoms. The number of halogens is 2. The standard InChI is InChI=1S/C21H20ClFN2O2S/c1-4-8-16(13(2)22)25-20-15(21(26)27-3)11-17(19(24)18(20)23)28-12-14-9-6-5-7-10-14/h4-11,25H,1-2,12,24H2,3H3/b16-8+. The van der Waals surface area contributed by atoms with Crippen LogP contribution < -0.4 is 11.1 Å². The fraction of sp³-hybridized carbons (Fsp3) is 0.0952. The molecule has 0 aliphatic rings. The van der Waals surface area contributed by atoms with Crippen LogP contribution in [0.1, 0.15) is 15.9 Å². The van der Waals surface area contributed by atoms with Crippen molar-refractivity contribution in [1.29, 1.82) is 0 Å². The van der Waals surface area contributed by atoms with Gasteiger partial charge >= 0.3 is 5.97 Å². The van der Waals surface area contributed by atoms with Crippen molar-refractivity contribution in [2.45, 2.75) is 10.6 Å². The maximum absolute atomic E-state index is 15.1. The molecule has 0 amide bonds. The Balaban J connectivity index is 2.47. The summed E-state index contributed by atoms with van der Waals surface area (Å²) < 4.78 is 19.9. The average molecular weight is 419 g/mol. The van der Waals surface area contributed by atoms with Gasteiger partial charge in [0, 0.05) is 10.6 Å². The van der Waals surface area contributed by atoms with E-state index in [4.69, 9.17) is 22.1 Å². The molecule has 2 aromatic carbocycles. The summed E-state index contributed by atoms with van der Waals surface area (Å²) in [6, 6.07) is 11.2. The van der Waals surface area contributed by atoms with Crippen LogP contribution in [0.2, 0.25) is 0 Å². The predicted octanol–water partition coefficient (Wildman–Crippen LogP) is 5.72. The van der Waals surface area contributed by atoms with E-state index in [-0.39, 0.29) is 27.7 Å². The van der Waals surface area contributed by atoms with Crippen molar-refractivity contribution >= 4 is 40.7 Å². The third-order valence-corrected chi connectivity index (χ3v) is 5.08. The summed E-state index contributed by atoms with van der Waals surface area (Å²) in [7, 11) is 1.22. The molecule has 7 heteroatoms. The van der Waals surface area contributed by atoms with Gasteiger partial charge in [0.15, 0.2) is 5.82 Å². The molecule has 0 unspecified atom stereocenters. The van der Waals surface area contributed by atoms with Crippen molar-refractivity contribution in [3.05, 3.63) is 89.4 Å². The molecule has 0 radical (unpaired) electrons. The van der Waals surface area contributed by atoms with Gasteiger partial charge in [-0.25, -0.2) is 9.18 Å². The minimum absolute atomic E-state index is 0.00218. The second kappa shape index (κ2) is 10.0. The highest BCUT2D eigenvalue weighted by Gasteiger charge is 2.23. The van der Waals surface area contributed by atoms with Crippen molar-refractivity contribution in [2.24, 2.45) is 0 Å². The molecule has 3 N–H and O–H groups in total. The van der Waals surface area contributed by atoms with Gasteiger partial charge in [-0.15, -0.1) is 11.8 Å². The molecule has 0 saturated heterocycles. The number of nitrogen functional groups attached to an aromatic ring is 1. The zero-order chi connectivity index (χ0) is 20.7. The van der Waals surface area contributed by atoms with Crippen LogP contribution in [0.3, 0.4) is 0 Å². The molecule has 146 valence electrons. The zero-order valence-corrected chi connectivity index (χ0v) is 16.9. The first kappa shape index (κ1) is 21.6. The number of thioether (sulfide) groups is 1. The molecule has 4 nitrogen and oxygen atoms in total. The van der Waals surface area contributed by atoms with Crippen LogP contribution in [0, 0.1) is 5.82 Å². The van der Waals surface area contributed by atoms with Crippen LogP contribution in [-0.4, -0.2) is 13.1 Å². The highest BCUT2D eigenvalue weighted by atomic mass is 35.5. The summed E-state index contributed by atoms with van der Waals surface area (Å²) in [5.41, 5.74) is 7.12. The summed E-state index contributed by atoms with van der Waals surface area (Å²) in [6.45, 7) is 7.19. The number of hydrogen-bond acceptors (Lipinski definition) is 5. The molecule has 0 spiro atoms. The molecular weight excluding hydrogens is 399 g/mol. The number of carbonyl (C=O) groups is 1. The topological polar surface area (TPSA) is 64.3 Å². The summed E-state index contributed by atoms with van der Waals surface area (Å²) in [6.07, 6.45) is 2.96. The Hall–Kier alpha value is -2.70. The SMILES string of the molecule is C=C/C=C(/Nc1c(C(=O)OC)cc(SCc2ccccc2)c(N)c1F)C(=C)Cl. The van der Waals surface area contributed by atoms with E-state index in [1.165, 1.54) is 37.1 Å². The Kier molecular flexibility index (Phi) is 7.72. The van der Waals surface area contributed by atoms with E-state index >= 15 is 4.39 Å². The molecule has 0 aromatic heterocycles. The van der Waals surface area contributed by atoms with Gasteiger partial charge in [0.2, 0.25) is 0 Å². The van der Waals surface area contributed by atoms with Gasteiger partial charge in [-0.05, 0) is 17.7 Å². The molecule has 0 aliphatic carbocycles. The molecule has 2 aromatic rings. The number of hydrogen-bond donors (Lipinski definition) is 2. The first-order chi connectivity index (χ1) is 13.4. The lowest BCUT2D eigenvalue weighted by Crippen LogP contribution is -2.12. The molecule has 0 atom stereocenters. The third-order valence-electron chi connectivity index (χ3n) is 3.75. The fourth-order valence-electron chi connectivity index (χ4n) is 2.34. The molecule has 0 saturated carbocycles. The second-order valence-corrected chi connectivity index (χ2v) is 7.11. The van der Waals surface area contributed by atoms with E-state index in [1.807, 2.05) is 30.3 Å². The molecule has 0 heterocycles. The predicted molar refractivity (Wildman–Crippen MR) is 115 cm³/mol. The minimum Gasteiger partial charge on any atom is -0.465 e. The monoisotopic (exact) mass is 418 g/mol. The molecule has 0 aliphatic heterocycles. The smallest absolute Gasteiger partial charge is 0.340 e. The van der Waals surface area contributed by atoms with Gasteiger partial charge < -0.3 is 15.8 Å². The Bertz CT molecular complexity index is 930. The van der Waals surface area contributed by atoms with E-state index in [2.05, 4.69) is 18.5 Å². The molecule has 28 heavy (non-hydrogen) atoms. The lowest BCUT2D eigenvalue weighted by molar-refractivity contribution is 0.0601. The Morgan fingerprint density at radius 1 is 1.39 bits per heavy atom. The van der Waals surface area contributed by atoms with Crippen molar-refractivity contribution in [3.63, 3.8) is 0 Å². The maximum Gasteiger partial charge on any atom is 0.340 e. The number of benzene rings is 2. The van der Waals surface area contributed by atoms with Crippen LogP contribution >= 0.6 is 23.4 Å². The number of ether oxygens (including phenoxy) is 1. The summed E-state index contributed by atoms with van der Waals surface area (Å²) >= 11 is 7.26. The van der Waals surface area contributed by atoms with Gasteiger partial charge in [-0.2, -0.15) is 0 Å². The highest BCUT2D eigenvalue weighted by molar-refractivity contribution is 7.98. The van der Waals surface area contributed by atoms with Gasteiger partial charge in [0.25, 0.3) is 0 Å². The van der Waals surface area contributed by atoms with Crippen molar-refractivity contribution in [1.82, 2.24) is 0 Å². The Morgan fingerprint density at radius 2 is 2.07 bits per heavy atom. The number of esters is 1. The number of anilines is 2. The second-order valence-electron chi connectivity index (χ2n) is 5.64. The minimum atomic E-state index is -0.772. The number of rotatable bonds is 8. The first-order valence-electron chi connectivity index (χ1n) is 8.20. The van der Waals surface area contributed by atoms with Gasteiger partial charge in [0.05, 0.1) is 34.8 Å². The van der Waals surface area contributed by atoms with E-state index in [0.29, 0.717) is 10.6 Å². The quantitative estimate of drug-likeness (QED) is 0.248. The van der Waals surface area contributed by atoms with Gasteiger partial charge in [-0.3, -0.25) is 0 Å². The first-order valence-corrected chi connectivity index (χ1v) is 9.56. The van der Waals surface area contributed by atoms with E-state index in [0.717, 1.165) is 5.56 Å². The highest BCUT2D eigenvalue weighted by Crippen LogP contribution is 2.37. The fourth-order valence-corrected chi connectivity index (χ4v) is 3.41. The van der Waals surface area contributed by atoms with Crippen molar-refractivity contribution in [3.8, 4) is 0 Å². The number of carbonyl (C=O) groups excluding carboxylic acids is 1. The summed E-state index contributed by atoms with van der Waals surface area (Å²) in [5, 5.41) is 2.89. The van der Waals surface area contributed by atoms with E-state index in [1.54, 1.807) is 0 Å². The van der Waals surface area contributed by atoms with Crippen LogP contribution in [0.15, 0.2) is 77.3 Å². The largest absolute Gasteiger partial charge is 0.465 e. The number of nitrogens with two attached hydrogens (primary N) is 1. The summed E-state index contributed by atoms with van der Waals surface area (Å²) in [4.78, 5) is 12.7. The van der Waals surface area contributed by atoms with Crippen LogP contribution in [0.4, 0.5) is 15.8 Å². The molecule has 0 fully saturated rings. The average Bonchev–Trinajstić information content (AvgIpc) is 2.70. The van der Waals surface area contributed by atoms with Gasteiger partial charge in [-0.1, -0.05) is 61.2 Å².